The first-order valence-corrected chi connectivity index (χ1v) is 32.3. The number of carboxylic acids is 1. The number of hydrogen-bond donors (Lipinski definition) is 4. The molecule has 0 spiro atoms. The Balaban J connectivity index is 0.000000108. The smallest absolute Gasteiger partial charge is 0.374 e. The molecule has 20 heteroatoms. The molecule has 4 fully saturated rings. The van der Waals surface area contributed by atoms with Crippen LogP contribution in [0.3, 0.4) is 0 Å². The molecule has 5 N–H and O–H groups in total. The molecule has 0 amide bonds. The van der Waals surface area contributed by atoms with E-state index in [1.807, 2.05) is 69.0 Å². The highest BCUT2D eigenvalue weighted by Gasteiger charge is 2.69. The molecule has 476 valence electrons. The second kappa shape index (κ2) is 21.8. The Labute approximate surface area is 538 Å². The fourth-order valence-electron chi connectivity index (χ4n) is 18.7. The lowest BCUT2D eigenvalue weighted by Crippen LogP contribution is -2.54. The van der Waals surface area contributed by atoms with Crippen LogP contribution in [0, 0.1) is 44.9 Å². The van der Waals surface area contributed by atoms with Gasteiger partial charge in [-0.3, -0.25) is 4.79 Å². The Bertz CT molecular complexity index is 4470. The van der Waals surface area contributed by atoms with Crippen LogP contribution >= 0.6 is 0 Å². The van der Waals surface area contributed by atoms with Gasteiger partial charge in [0.05, 0.1) is 68.5 Å². The highest BCUT2D eigenvalue weighted by molar-refractivity contribution is 6.45. The molecule has 9 aromatic rings. The fraction of sp³-hybridized carbons (Fsp3) is 0.397. The maximum atomic E-state index is 14.2. The SMILES string of the molecule is CB(O)N[C@@]12CC[C@@H](c3cc(-c4ccccc4F)nnc31)C2(C)C.CC1(C)[C@H]2CC[C@]1(C(=O)O)c1nnc(-c3ccccc3F)cc12.CC1(C)[C@H]2CC[C@]1(N)c1nnc(-c3ccccc3F)cc12.CC1(C)[C@H]2CC[C@]1(n1ccnc1)c1nnc(-c3ccccc3F)cc12. The molecule has 8 bridgehead atoms. The predicted molar refractivity (Wildman–Crippen MR) is 346 cm³/mol. The van der Waals surface area contributed by atoms with Crippen LogP contribution in [0.25, 0.3) is 45.0 Å². The number of nitrogens with zero attached hydrogens (tertiary/aromatic N) is 10. The minimum Gasteiger partial charge on any atom is -0.481 e. The predicted octanol–water partition coefficient (Wildman–Crippen LogP) is 14.1. The Hall–Kier alpha value is -8.46. The summed E-state index contributed by atoms with van der Waals surface area (Å²) in [7, 11) is -0.623. The normalized spacial score (nSPS) is 27.0. The zero-order chi connectivity index (χ0) is 65.6. The van der Waals surface area contributed by atoms with Gasteiger partial charge in [0.15, 0.2) is 0 Å². The van der Waals surface area contributed by atoms with Crippen LogP contribution in [0.4, 0.5) is 17.6 Å². The van der Waals surface area contributed by atoms with Gasteiger partial charge in [0.1, 0.15) is 28.7 Å². The van der Waals surface area contributed by atoms with E-state index in [0.29, 0.717) is 74.9 Å². The van der Waals surface area contributed by atoms with E-state index < -0.39 is 29.4 Å². The third kappa shape index (κ3) is 8.78. The number of nitrogens with one attached hydrogen (secondary N) is 1. The van der Waals surface area contributed by atoms with Crippen LogP contribution in [0.1, 0.15) is 175 Å². The summed E-state index contributed by atoms with van der Waals surface area (Å²) in [6.07, 6.45) is 13.2. The third-order valence-electron chi connectivity index (χ3n) is 23.9. The van der Waals surface area contributed by atoms with Gasteiger partial charge in [0, 0.05) is 40.1 Å². The maximum Gasteiger partial charge on any atom is 0.374 e. The Morgan fingerprint density at radius 1 is 0.505 bits per heavy atom. The average molecular weight is 1260 g/mol. The number of aliphatic carboxylic acids is 1. The van der Waals surface area contributed by atoms with E-state index in [1.54, 1.807) is 67.5 Å². The van der Waals surface area contributed by atoms with Gasteiger partial charge in [0.25, 0.3) is 0 Å². The molecule has 15 nitrogen and oxygen atoms in total. The summed E-state index contributed by atoms with van der Waals surface area (Å²) >= 11 is 0. The first kappa shape index (κ1) is 62.0. The summed E-state index contributed by atoms with van der Waals surface area (Å²) in [6.45, 7) is 19.1. The first-order chi connectivity index (χ1) is 44.3. The topological polar surface area (TPSA) is 217 Å². The van der Waals surface area contributed by atoms with Crippen molar-refractivity contribution in [2.75, 3.05) is 0 Å². The van der Waals surface area contributed by atoms with Gasteiger partial charge in [-0.25, -0.2) is 22.5 Å². The first-order valence-electron chi connectivity index (χ1n) is 32.3. The number of rotatable bonds is 8. The number of halogens is 4. The number of benzene rings is 4. The molecule has 93 heavy (non-hydrogen) atoms. The van der Waals surface area contributed by atoms with Crippen molar-refractivity contribution in [3.63, 3.8) is 0 Å². The van der Waals surface area contributed by atoms with E-state index in [9.17, 15) is 32.5 Å². The molecule has 0 radical (unpaired) electrons. The van der Waals surface area contributed by atoms with Crippen molar-refractivity contribution in [1.82, 2.24) is 55.6 Å². The molecule has 8 aliphatic carbocycles. The summed E-state index contributed by atoms with van der Waals surface area (Å²) in [5, 5.41) is 58.0. The number of aromatic nitrogens is 10. The number of carboxylic acid groups (broad SMARTS) is 1. The summed E-state index contributed by atoms with van der Waals surface area (Å²) in [5.41, 5.74) is 16.1. The van der Waals surface area contributed by atoms with Crippen molar-refractivity contribution in [2.45, 2.75) is 159 Å². The summed E-state index contributed by atoms with van der Waals surface area (Å²) in [6, 6.07) is 34.4. The van der Waals surface area contributed by atoms with Crippen molar-refractivity contribution in [2.24, 2.45) is 27.4 Å². The zero-order valence-electron chi connectivity index (χ0n) is 53.7. The Kier molecular flexibility index (Phi) is 14.5. The molecule has 8 atom stereocenters. The van der Waals surface area contributed by atoms with Gasteiger partial charge < -0.3 is 25.7 Å². The molecule has 5 heterocycles. The van der Waals surface area contributed by atoms with Gasteiger partial charge >= 0.3 is 13.0 Å². The molecular formula is C73H75BF4N12O3. The van der Waals surface area contributed by atoms with E-state index >= 15 is 0 Å². The van der Waals surface area contributed by atoms with Crippen LogP contribution in [0.15, 0.2) is 140 Å². The van der Waals surface area contributed by atoms with E-state index in [2.05, 4.69) is 97.1 Å². The lowest BCUT2D eigenvalue weighted by Gasteiger charge is -2.39. The number of imidazole rings is 1. The molecule has 17 rings (SSSR count). The van der Waals surface area contributed by atoms with Gasteiger partial charge in [-0.15, -0.1) is 0 Å². The van der Waals surface area contributed by atoms with Crippen molar-refractivity contribution in [3.8, 4) is 45.0 Å². The summed E-state index contributed by atoms with van der Waals surface area (Å²) < 4.78 is 58.4. The van der Waals surface area contributed by atoms with Crippen LogP contribution in [-0.2, 0) is 26.8 Å². The lowest BCUT2D eigenvalue weighted by molar-refractivity contribution is -0.147. The average Bonchev–Trinajstić information content (AvgIpc) is 1.55. The number of carbonyl (C=O) groups is 1. The van der Waals surface area contributed by atoms with Gasteiger partial charge in [-0.05, 0) is 193 Å². The van der Waals surface area contributed by atoms with Crippen molar-refractivity contribution in [1.29, 1.82) is 0 Å². The molecule has 0 saturated heterocycles. The summed E-state index contributed by atoms with van der Waals surface area (Å²) in [4.78, 5) is 16.3. The Morgan fingerprint density at radius 2 is 0.892 bits per heavy atom. The monoisotopic (exact) mass is 1250 g/mol. The molecule has 0 unspecified atom stereocenters. The van der Waals surface area contributed by atoms with Gasteiger partial charge in [-0.2, -0.15) is 40.8 Å². The fourth-order valence-corrected chi connectivity index (χ4v) is 18.7. The molecule has 4 saturated carbocycles. The summed E-state index contributed by atoms with van der Waals surface area (Å²) in [5.74, 6) is -0.765. The molecule has 4 aromatic carbocycles. The van der Waals surface area contributed by atoms with E-state index in [4.69, 9.17) is 5.73 Å². The number of fused-ring (bicyclic) bond motifs is 20. The van der Waals surface area contributed by atoms with Crippen molar-refractivity contribution >= 4 is 13.0 Å². The molecule has 8 aliphatic rings. The van der Waals surface area contributed by atoms with Crippen molar-refractivity contribution < 1.29 is 32.5 Å². The molecular weight excluding hydrogens is 1180 g/mol. The lowest BCUT2D eigenvalue weighted by atomic mass is 9.68. The minimum absolute atomic E-state index is 0.0125. The Morgan fingerprint density at radius 3 is 1.37 bits per heavy atom. The second-order valence-corrected chi connectivity index (χ2v) is 29.0. The quantitative estimate of drug-likeness (QED) is 0.0822. The van der Waals surface area contributed by atoms with Crippen molar-refractivity contribution in [3.05, 3.63) is 208 Å². The van der Waals surface area contributed by atoms with Gasteiger partial charge in [0.2, 0.25) is 0 Å². The highest BCUT2D eigenvalue weighted by atomic mass is 19.1. The van der Waals surface area contributed by atoms with Gasteiger partial charge in [-0.1, -0.05) is 104 Å². The number of hydrogen-bond acceptors (Lipinski definition) is 13. The van der Waals surface area contributed by atoms with Crippen LogP contribution in [-0.4, -0.2) is 73.5 Å². The number of nitrogens with two attached hydrogens (primary N) is 1. The highest BCUT2D eigenvalue weighted by Crippen LogP contribution is 2.70. The third-order valence-corrected chi connectivity index (χ3v) is 23.9. The van der Waals surface area contributed by atoms with E-state index in [-0.39, 0.29) is 56.5 Å². The standard InChI is InChI=1S/C20H19FN4.C18H21BFN3O.C18H17FN2O2.C17H18FN3/c1-19(2)15-7-8-20(19,25-10-9-22-12-25)18-14(15)11-17(23-24-18)13-5-3-4-6-16(13)21;1-17(2)13-8-9-18(17,23-19(3)24)16-12(13)10-15(21-22-16)11-6-4-5-7-14(11)20;1-17(2)12-7-8-18(17,16(22)23)15-11(12)9-14(20-21-15)10-5-3-4-6-13(10)19;1-16(2)12-7-8-17(16,19)15-11(12)9-14(20-21-15)10-5-3-4-6-13(10)18/h3-6,9-12,15H,7-8H2,1-2H3;4-7,10,13,23-24H,8-9H2,1-3H3;3-6,9,12H,7-8H2,1-2H3,(H,22,23);3-6,9,12H,7-8,19H2,1-2H3/t15-,20-;13-,18-;12-,18+;12-,17-/m0000/s1. The van der Waals surface area contributed by atoms with E-state index in [0.717, 1.165) is 78.7 Å². The largest absolute Gasteiger partial charge is 0.481 e. The molecule has 0 aliphatic heterocycles. The second-order valence-electron chi connectivity index (χ2n) is 29.0. The van der Waals surface area contributed by atoms with Crippen LogP contribution in [0.2, 0.25) is 6.82 Å². The zero-order valence-corrected chi connectivity index (χ0v) is 53.7. The molecule has 5 aromatic heterocycles. The van der Waals surface area contributed by atoms with Crippen LogP contribution < -0.4 is 11.0 Å². The van der Waals surface area contributed by atoms with E-state index in [1.165, 1.54) is 29.8 Å². The minimum atomic E-state index is -0.978. The maximum absolute atomic E-state index is 14.2. The van der Waals surface area contributed by atoms with Crippen LogP contribution in [0.5, 0.6) is 0 Å².